The molecule has 0 saturated carbocycles. The Morgan fingerprint density at radius 3 is 2.80 bits per heavy atom. The molecule has 2 bridgehead atoms. The summed E-state index contributed by atoms with van der Waals surface area (Å²) in [7, 11) is -3.95. The number of anilines is 1. The molecule has 2 aromatic rings. The van der Waals surface area contributed by atoms with E-state index in [1.54, 1.807) is 25.1 Å². The number of nitrogens with one attached hydrogen (secondary N) is 1. The molecule has 8 nitrogen and oxygen atoms in total. The molecule has 1 aliphatic carbocycles. The van der Waals surface area contributed by atoms with Crippen molar-refractivity contribution in [2.24, 2.45) is 17.8 Å². The molecule has 2 N–H and O–H groups in total. The normalized spacial score (nSPS) is 33.3. The lowest BCUT2D eigenvalue weighted by molar-refractivity contribution is 0.0325. The monoisotopic (exact) mass is 642 g/mol. The van der Waals surface area contributed by atoms with Crippen LogP contribution in [0.25, 0.3) is 0 Å². The number of allylic oxidation sites excluding steroid dienone is 1. The van der Waals surface area contributed by atoms with Gasteiger partial charge in [-0.25, -0.2) is 13.1 Å². The SMILES string of the molecule is C/C1=C\C[C@H](C)[C@@H](C)S(=O)(=O)NC(=O)c2ccc3c(c2)N(C[C@@H]2CCO[C@H]2[C@H]1CO)C[C@@]1(CCCc2cc(Cl)ccc21)CO3. The number of carbonyl (C=O) groups is 1. The van der Waals surface area contributed by atoms with Crippen LogP contribution in [0.2, 0.25) is 5.02 Å². The maximum atomic E-state index is 13.4. The number of amides is 1. The zero-order valence-corrected chi connectivity index (χ0v) is 27.3. The van der Waals surface area contributed by atoms with E-state index in [-0.39, 0.29) is 41.4 Å². The first-order valence-corrected chi connectivity index (χ1v) is 17.7. The van der Waals surface area contributed by atoms with Crippen LogP contribution in [0.5, 0.6) is 5.75 Å². The van der Waals surface area contributed by atoms with Crippen molar-refractivity contribution in [1.29, 1.82) is 0 Å². The highest BCUT2D eigenvalue weighted by Gasteiger charge is 2.44. The van der Waals surface area contributed by atoms with E-state index in [0.29, 0.717) is 38.5 Å². The van der Waals surface area contributed by atoms with Gasteiger partial charge in [0, 0.05) is 47.5 Å². The maximum absolute atomic E-state index is 13.4. The lowest BCUT2D eigenvalue weighted by Crippen LogP contribution is -2.48. The molecule has 1 saturated heterocycles. The van der Waals surface area contributed by atoms with Crippen LogP contribution in [0.1, 0.15) is 67.9 Å². The number of halogens is 1. The molecule has 6 atom stereocenters. The van der Waals surface area contributed by atoms with Crippen LogP contribution in [-0.2, 0) is 26.6 Å². The van der Waals surface area contributed by atoms with Gasteiger partial charge in [0.2, 0.25) is 10.0 Å². The van der Waals surface area contributed by atoms with E-state index in [4.69, 9.17) is 21.1 Å². The van der Waals surface area contributed by atoms with Crippen molar-refractivity contribution in [3.05, 3.63) is 69.8 Å². The van der Waals surface area contributed by atoms with Crippen LogP contribution in [0.4, 0.5) is 5.69 Å². The van der Waals surface area contributed by atoms with E-state index in [0.717, 1.165) is 42.0 Å². The molecule has 3 heterocycles. The largest absolute Gasteiger partial charge is 0.490 e. The Balaban J connectivity index is 1.46. The summed E-state index contributed by atoms with van der Waals surface area (Å²) in [6, 6.07) is 11.3. The van der Waals surface area contributed by atoms with E-state index in [1.165, 1.54) is 11.1 Å². The molecule has 238 valence electrons. The summed E-state index contributed by atoms with van der Waals surface area (Å²) in [4.78, 5) is 15.7. The molecular formula is C34H43ClN2O6S. The maximum Gasteiger partial charge on any atom is 0.264 e. The van der Waals surface area contributed by atoms with Crippen molar-refractivity contribution in [3.63, 3.8) is 0 Å². The second-order valence-corrected chi connectivity index (χ2v) is 15.8. The van der Waals surface area contributed by atoms with Gasteiger partial charge < -0.3 is 19.5 Å². The van der Waals surface area contributed by atoms with Crippen molar-refractivity contribution in [2.75, 3.05) is 37.8 Å². The van der Waals surface area contributed by atoms with Crippen molar-refractivity contribution >= 4 is 33.2 Å². The van der Waals surface area contributed by atoms with Gasteiger partial charge in [0.05, 0.1) is 30.3 Å². The van der Waals surface area contributed by atoms with Crippen molar-refractivity contribution in [2.45, 2.75) is 69.6 Å². The molecule has 0 radical (unpaired) electrons. The minimum Gasteiger partial charge on any atom is -0.490 e. The number of carbonyl (C=O) groups excluding carboxylic acids is 1. The van der Waals surface area contributed by atoms with Gasteiger partial charge in [0.25, 0.3) is 5.91 Å². The van der Waals surface area contributed by atoms with Gasteiger partial charge in [-0.3, -0.25) is 4.79 Å². The number of aliphatic hydroxyl groups is 1. The lowest BCUT2D eigenvalue weighted by atomic mass is 9.70. The Morgan fingerprint density at radius 2 is 2.00 bits per heavy atom. The molecule has 3 aliphatic heterocycles. The van der Waals surface area contributed by atoms with Crippen LogP contribution in [0.15, 0.2) is 48.0 Å². The van der Waals surface area contributed by atoms with Gasteiger partial charge in [-0.05, 0) is 93.3 Å². The third-order valence-electron chi connectivity index (χ3n) is 10.5. The Hall–Kier alpha value is -2.59. The van der Waals surface area contributed by atoms with Crippen molar-refractivity contribution in [3.8, 4) is 5.75 Å². The molecule has 44 heavy (non-hydrogen) atoms. The molecule has 1 amide bonds. The highest BCUT2D eigenvalue weighted by Crippen LogP contribution is 2.45. The Morgan fingerprint density at radius 1 is 1.18 bits per heavy atom. The average Bonchev–Trinajstić information content (AvgIpc) is 3.39. The summed E-state index contributed by atoms with van der Waals surface area (Å²) in [6.07, 6.45) is 6.12. The third kappa shape index (κ3) is 5.88. The van der Waals surface area contributed by atoms with E-state index in [2.05, 4.69) is 21.8 Å². The van der Waals surface area contributed by atoms with E-state index in [1.807, 2.05) is 26.0 Å². The molecule has 0 aromatic heterocycles. The molecule has 2 aromatic carbocycles. The molecule has 1 fully saturated rings. The molecular weight excluding hydrogens is 600 g/mol. The number of nitrogens with zero attached hydrogens (tertiary/aromatic N) is 1. The molecule has 0 unspecified atom stereocenters. The fraction of sp³-hybridized carbons (Fsp3) is 0.559. The topological polar surface area (TPSA) is 105 Å². The summed E-state index contributed by atoms with van der Waals surface area (Å²) in [5, 5.41) is 10.5. The van der Waals surface area contributed by atoms with Crippen molar-refractivity contribution in [1.82, 2.24) is 4.72 Å². The minimum atomic E-state index is -3.95. The average molecular weight is 643 g/mol. The number of aryl methyl sites for hydroxylation is 1. The highest BCUT2D eigenvalue weighted by molar-refractivity contribution is 7.90. The van der Waals surface area contributed by atoms with E-state index < -0.39 is 21.2 Å². The standard InChI is InChI=1S/C34H43ClN2O6S/c1-21-6-7-22(2)28(18-38)32-26(12-14-42-32)17-37-19-34(13-4-5-24-15-27(35)9-10-29(24)34)20-43-31-11-8-25(16-30(31)37)33(39)36-44(40,41)23(21)3/h7-11,15-16,21,23,26,28,32,38H,4-6,12-14,17-20H2,1-3H3,(H,36,39)/b22-7+/t21-,23+,26-,28-,32+,34-/m0/s1. The van der Waals surface area contributed by atoms with Gasteiger partial charge in [-0.15, -0.1) is 0 Å². The number of aliphatic hydroxyl groups excluding tert-OH is 1. The van der Waals surface area contributed by atoms with Crippen molar-refractivity contribution < 1.29 is 27.8 Å². The Bertz CT molecular complexity index is 1560. The Kier molecular flexibility index (Phi) is 8.78. The van der Waals surface area contributed by atoms with Gasteiger partial charge in [0.15, 0.2) is 0 Å². The zero-order chi connectivity index (χ0) is 31.2. The minimum absolute atomic E-state index is 0.0519. The number of benzene rings is 2. The molecule has 6 rings (SSSR count). The van der Waals surface area contributed by atoms with Gasteiger partial charge in [-0.1, -0.05) is 36.2 Å². The number of sulfonamides is 1. The third-order valence-corrected chi connectivity index (χ3v) is 12.7. The fourth-order valence-electron chi connectivity index (χ4n) is 7.64. The van der Waals surface area contributed by atoms with Crippen LogP contribution < -0.4 is 14.4 Å². The summed E-state index contributed by atoms with van der Waals surface area (Å²) < 4.78 is 41.8. The van der Waals surface area contributed by atoms with Crippen LogP contribution in [-0.4, -0.2) is 63.7 Å². The summed E-state index contributed by atoms with van der Waals surface area (Å²) in [5.41, 5.74) is 4.21. The number of fused-ring (bicyclic) bond motifs is 4. The number of hydrogen-bond donors (Lipinski definition) is 2. The second-order valence-electron chi connectivity index (χ2n) is 13.3. The second kappa shape index (κ2) is 12.3. The number of ether oxygens (including phenoxy) is 2. The quantitative estimate of drug-likeness (QED) is 0.409. The van der Waals surface area contributed by atoms with Crippen LogP contribution >= 0.6 is 11.6 Å². The lowest BCUT2D eigenvalue weighted by Gasteiger charge is -2.42. The fourth-order valence-corrected chi connectivity index (χ4v) is 9.12. The molecule has 4 aliphatic rings. The first-order chi connectivity index (χ1) is 21.0. The summed E-state index contributed by atoms with van der Waals surface area (Å²) in [5.74, 6) is -0.299. The summed E-state index contributed by atoms with van der Waals surface area (Å²) in [6.45, 7) is 7.84. The van der Waals surface area contributed by atoms with Crippen LogP contribution in [0.3, 0.4) is 0 Å². The van der Waals surface area contributed by atoms with E-state index in [9.17, 15) is 18.3 Å². The number of rotatable bonds is 1. The Labute approximate surface area is 265 Å². The predicted molar refractivity (Wildman–Crippen MR) is 172 cm³/mol. The smallest absolute Gasteiger partial charge is 0.264 e. The highest BCUT2D eigenvalue weighted by atomic mass is 35.5. The molecule has 1 spiro atoms. The van der Waals surface area contributed by atoms with Gasteiger partial charge in [0.1, 0.15) is 5.75 Å². The summed E-state index contributed by atoms with van der Waals surface area (Å²) >= 11 is 6.41. The zero-order valence-electron chi connectivity index (χ0n) is 25.7. The van der Waals surface area contributed by atoms with Gasteiger partial charge >= 0.3 is 0 Å². The first kappa shape index (κ1) is 31.4. The predicted octanol–water partition coefficient (Wildman–Crippen LogP) is 5.26. The van der Waals surface area contributed by atoms with Gasteiger partial charge in [-0.2, -0.15) is 0 Å². The molecule has 10 heteroatoms. The number of hydrogen-bond acceptors (Lipinski definition) is 7. The van der Waals surface area contributed by atoms with Crippen LogP contribution in [0, 0.1) is 17.8 Å². The van der Waals surface area contributed by atoms with E-state index >= 15 is 0 Å². The first-order valence-electron chi connectivity index (χ1n) is 15.8.